The molecule has 0 spiro atoms. The summed E-state index contributed by atoms with van der Waals surface area (Å²) in [6.45, 7) is 5.23. The Kier molecular flexibility index (Phi) is 4.89. The Morgan fingerprint density at radius 2 is 1.77 bits per heavy atom. The molecule has 1 N–H and O–H groups in total. The van der Waals surface area contributed by atoms with Crippen LogP contribution in [0.25, 0.3) is 0 Å². The fraction of sp³-hybridized carbons (Fsp3) is 0.286. The topological polar surface area (TPSA) is 66.5 Å². The second-order valence-electron chi connectivity index (χ2n) is 6.83. The van der Waals surface area contributed by atoms with Crippen molar-refractivity contribution in [2.45, 2.75) is 27.2 Å². The number of benzene rings is 2. The summed E-state index contributed by atoms with van der Waals surface area (Å²) in [7, 11) is 0. The lowest BCUT2D eigenvalue weighted by atomic mass is 9.90. The lowest BCUT2D eigenvalue weighted by molar-refractivity contribution is -0.122. The van der Waals surface area contributed by atoms with E-state index in [4.69, 9.17) is 0 Å². The van der Waals surface area contributed by atoms with E-state index in [1.54, 1.807) is 31.2 Å². The van der Waals surface area contributed by atoms with Crippen LogP contribution in [0.15, 0.2) is 48.5 Å². The van der Waals surface area contributed by atoms with Crippen LogP contribution in [0.3, 0.4) is 0 Å². The van der Waals surface area contributed by atoms with E-state index >= 15 is 0 Å². The molecule has 1 heterocycles. The van der Waals surface area contributed by atoms with E-state index in [0.29, 0.717) is 17.8 Å². The Bertz CT molecular complexity index is 858. The third kappa shape index (κ3) is 3.52. The van der Waals surface area contributed by atoms with Crippen LogP contribution in [-0.2, 0) is 20.8 Å². The Balaban J connectivity index is 1.85. The van der Waals surface area contributed by atoms with Gasteiger partial charge in [-0.15, -0.1) is 0 Å². The SMILES string of the molecule is CC(=O)Nc1cccc(N2C(=O)[C@@H](Cc3ccc(C)cc3)[C@@H](C)C2=O)c1. The third-order valence-electron chi connectivity index (χ3n) is 4.75. The number of rotatable bonds is 4. The molecule has 2 aromatic rings. The van der Waals surface area contributed by atoms with Gasteiger partial charge in [0.25, 0.3) is 0 Å². The van der Waals surface area contributed by atoms with E-state index in [2.05, 4.69) is 5.32 Å². The van der Waals surface area contributed by atoms with Crippen molar-refractivity contribution in [2.75, 3.05) is 10.2 Å². The Morgan fingerprint density at radius 3 is 2.42 bits per heavy atom. The maximum Gasteiger partial charge on any atom is 0.238 e. The van der Waals surface area contributed by atoms with Crippen molar-refractivity contribution in [1.82, 2.24) is 0 Å². The van der Waals surface area contributed by atoms with E-state index < -0.39 is 0 Å². The molecule has 3 amide bonds. The van der Waals surface area contributed by atoms with Gasteiger partial charge in [-0.3, -0.25) is 14.4 Å². The molecule has 1 aliphatic rings. The number of carbonyl (C=O) groups excluding carboxylic acids is 3. The first-order chi connectivity index (χ1) is 12.4. The molecule has 26 heavy (non-hydrogen) atoms. The largest absolute Gasteiger partial charge is 0.326 e. The standard InChI is InChI=1S/C21H22N2O3/c1-13-7-9-16(10-8-13)11-19-14(2)20(25)23(21(19)26)18-6-4-5-17(12-18)22-15(3)24/h4-10,12,14,19H,11H2,1-3H3,(H,22,24)/t14-,19+/m1/s1. The van der Waals surface area contributed by atoms with Gasteiger partial charge in [0.05, 0.1) is 11.6 Å². The summed E-state index contributed by atoms with van der Waals surface area (Å²) in [5, 5.41) is 2.68. The molecule has 2 atom stereocenters. The molecule has 1 fully saturated rings. The van der Waals surface area contributed by atoms with Crippen LogP contribution >= 0.6 is 0 Å². The minimum Gasteiger partial charge on any atom is -0.326 e. The highest BCUT2D eigenvalue weighted by atomic mass is 16.2. The molecule has 3 rings (SSSR count). The van der Waals surface area contributed by atoms with Gasteiger partial charge in [-0.25, -0.2) is 4.90 Å². The van der Waals surface area contributed by atoms with E-state index in [9.17, 15) is 14.4 Å². The average Bonchev–Trinajstić information content (AvgIpc) is 2.80. The zero-order chi connectivity index (χ0) is 18.8. The first-order valence-corrected chi connectivity index (χ1v) is 8.68. The monoisotopic (exact) mass is 350 g/mol. The number of carbonyl (C=O) groups is 3. The van der Waals surface area contributed by atoms with Crippen molar-refractivity contribution in [3.63, 3.8) is 0 Å². The van der Waals surface area contributed by atoms with Gasteiger partial charge in [-0.1, -0.05) is 42.8 Å². The molecule has 5 heteroatoms. The van der Waals surface area contributed by atoms with Gasteiger partial charge < -0.3 is 5.32 Å². The predicted octanol–water partition coefficient (Wildman–Crippen LogP) is 3.32. The van der Waals surface area contributed by atoms with Crippen molar-refractivity contribution >= 4 is 29.1 Å². The highest BCUT2D eigenvalue weighted by Gasteiger charge is 2.45. The zero-order valence-electron chi connectivity index (χ0n) is 15.2. The number of hydrogen-bond donors (Lipinski definition) is 1. The molecule has 1 saturated heterocycles. The Morgan fingerprint density at radius 1 is 1.08 bits per heavy atom. The molecular formula is C21H22N2O3. The van der Waals surface area contributed by atoms with Crippen molar-refractivity contribution in [3.05, 3.63) is 59.7 Å². The molecular weight excluding hydrogens is 328 g/mol. The van der Waals surface area contributed by atoms with Crippen LogP contribution in [0.2, 0.25) is 0 Å². The van der Waals surface area contributed by atoms with Crippen molar-refractivity contribution in [3.8, 4) is 0 Å². The van der Waals surface area contributed by atoms with Crippen LogP contribution in [0.5, 0.6) is 0 Å². The van der Waals surface area contributed by atoms with Crippen LogP contribution in [-0.4, -0.2) is 17.7 Å². The quantitative estimate of drug-likeness (QED) is 0.860. The van der Waals surface area contributed by atoms with Gasteiger partial charge in [-0.2, -0.15) is 0 Å². The predicted molar refractivity (Wildman–Crippen MR) is 101 cm³/mol. The van der Waals surface area contributed by atoms with E-state index in [1.807, 2.05) is 31.2 Å². The molecule has 0 unspecified atom stereocenters. The maximum absolute atomic E-state index is 12.9. The van der Waals surface area contributed by atoms with E-state index in [0.717, 1.165) is 11.1 Å². The van der Waals surface area contributed by atoms with Gasteiger partial charge in [0.1, 0.15) is 0 Å². The van der Waals surface area contributed by atoms with Crippen molar-refractivity contribution in [1.29, 1.82) is 0 Å². The summed E-state index contributed by atoms with van der Waals surface area (Å²) in [4.78, 5) is 38.2. The van der Waals surface area contributed by atoms with Crippen LogP contribution in [0, 0.1) is 18.8 Å². The summed E-state index contributed by atoms with van der Waals surface area (Å²) in [5.41, 5.74) is 3.25. The van der Waals surface area contributed by atoms with Crippen molar-refractivity contribution < 1.29 is 14.4 Å². The minimum atomic E-state index is -0.381. The van der Waals surface area contributed by atoms with Crippen LogP contribution < -0.4 is 10.2 Å². The van der Waals surface area contributed by atoms with E-state index in [1.165, 1.54) is 11.8 Å². The number of hydrogen-bond acceptors (Lipinski definition) is 3. The lowest BCUT2D eigenvalue weighted by Crippen LogP contribution is -2.31. The third-order valence-corrected chi connectivity index (χ3v) is 4.75. The Hall–Kier alpha value is -2.95. The molecule has 5 nitrogen and oxygen atoms in total. The summed E-state index contributed by atoms with van der Waals surface area (Å²) < 4.78 is 0. The normalized spacial score (nSPS) is 19.7. The lowest BCUT2D eigenvalue weighted by Gasteiger charge is -2.16. The van der Waals surface area contributed by atoms with Gasteiger partial charge in [0, 0.05) is 18.5 Å². The average molecular weight is 350 g/mol. The molecule has 2 aromatic carbocycles. The number of imide groups is 1. The number of aryl methyl sites for hydroxylation is 1. The highest BCUT2D eigenvalue weighted by Crippen LogP contribution is 2.34. The molecule has 0 bridgehead atoms. The summed E-state index contributed by atoms with van der Waals surface area (Å²) in [6, 6.07) is 14.8. The zero-order valence-corrected chi connectivity index (χ0v) is 15.2. The molecule has 0 saturated carbocycles. The first-order valence-electron chi connectivity index (χ1n) is 8.68. The van der Waals surface area contributed by atoms with Crippen molar-refractivity contribution in [2.24, 2.45) is 11.8 Å². The van der Waals surface area contributed by atoms with Gasteiger partial charge in [0.15, 0.2) is 0 Å². The summed E-state index contributed by atoms with van der Waals surface area (Å²) in [5.74, 6) is -1.36. The number of anilines is 2. The van der Waals surface area contributed by atoms with Crippen LogP contribution in [0.4, 0.5) is 11.4 Å². The second-order valence-corrected chi connectivity index (χ2v) is 6.83. The molecule has 1 aliphatic heterocycles. The molecule has 0 aromatic heterocycles. The molecule has 0 aliphatic carbocycles. The smallest absolute Gasteiger partial charge is 0.238 e. The molecule has 134 valence electrons. The van der Waals surface area contributed by atoms with Gasteiger partial charge in [0.2, 0.25) is 17.7 Å². The number of nitrogens with zero attached hydrogens (tertiary/aromatic N) is 1. The molecule has 0 radical (unpaired) electrons. The fourth-order valence-corrected chi connectivity index (χ4v) is 3.29. The Labute approximate surface area is 153 Å². The minimum absolute atomic E-state index is 0.192. The van der Waals surface area contributed by atoms with Crippen LogP contribution in [0.1, 0.15) is 25.0 Å². The maximum atomic E-state index is 12.9. The number of nitrogens with one attached hydrogen (secondary N) is 1. The number of amides is 3. The summed E-state index contributed by atoms with van der Waals surface area (Å²) >= 11 is 0. The second kappa shape index (κ2) is 7.12. The fourth-order valence-electron chi connectivity index (χ4n) is 3.29. The van der Waals surface area contributed by atoms with E-state index in [-0.39, 0.29) is 29.6 Å². The summed E-state index contributed by atoms with van der Waals surface area (Å²) in [6.07, 6.45) is 0.536. The van der Waals surface area contributed by atoms with Gasteiger partial charge >= 0.3 is 0 Å². The highest BCUT2D eigenvalue weighted by molar-refractivity contribution is 6.22. The first kappa shape index (κ1) is 17.9. The van der Waals surface area contributed by atoms with Gasteiger partial charge in [-0.05, 0) is 37.1 Å².